The Morgan fingerprint density at radius 1 is 1.14 bits per heavy atom. The van der Waals surface area contributed by atoms with E-state index in [2.05, 4.69) is 39.2 Å². The molecule has 1 aliphatic heterocycles. The van der Waals surface area contributed by atoms with Crippen LogP contribution in [0.4, 0.5) is 4.79 Å². The maximum absolute atomic E-state index is 12.3. The van der Waals surface area contributed by atoms with Crippen LogP contribution in [0.15, 0.2) is 0 Å². The second kappa shape index (κ2) is 6.49. The summed E-state index contributed by atoms with van der Waals surface area (Å²) in [5.41, 5.74) is -0.479. The van der Waals surface area contributed by atoms with E-state index in [-0.39, 0.29) is 23.3 Å². The van der Waals surface area contributed by atoms with Crippen molar-refractivity contribution in [3.63, 3.8) is 0 Å². The molecule has 6 heteroatoms. The van der Waals surface area contributed by atoms with Crippen LogP contribution in [-0.4, -0.2) is 57.2 Å². The third-order valence-electron chi connectivity index (χ3n) is 4.56. The Morgan fingerprint density at radius 3 is 2.14 bits per heavy atom. The van der Waals surface area contributed by atoms with E-state index in [9.17, 15) is 4.79 Å². The lowest BCUT2D eigenvalue weighted by Gasteiger charge is -2.41. The third kappa shape index (κ3) is 4.96. The van der Waals surface area contributed by atoms with Gasteiger partial charge >= 0.3 is 6.09 Å². The molecule has 1 heterocycles. The Labute approximate surface area is 136 Å². The number of hydrogen-bond acceptors (Lipinski definition) is 4. The van der Waals surface area contributed by atoms with Crippen LogP contribution in [0.1, 0.15) is 41.5 Å². The summed E-state index contributed by atoms with van der Waals surface area (Å²) in [6, 6.07) is 0.0176. The predicted octanol–water partition coefficient (Wildman–Crippen LogP) is 3.22. The standard InChI is InChI=1S/C16H34N2O3Si/c1-15(2,3)20-14(19)18(7)12-10-17-11-13(12)21-22(8,9)16(4,5)6/h12-13,17H,10-11H2,1-9H3/t12-,13+/m1/s1. The SMILES string of the molecule is CN(C(=O)OC(C)(C)C)[C@@H]1CNC[C@@H]1O[Si](C)(C)C(C)(C)C. The van der Waals surface area contributed by atoms with Crippen molar-refractivity contribution in [2.24, 2.45) is 0 Å². The number of carbonyl (C=O) groups is 1. The zero-order chi connectivity index (χ0) is 17.3. The van der Waals surface area contributed by atoms with Gasteiger partial charge in [0.1, 0.15) is 5.60 Å². The molecule has 0 aromatic carbocycles. The number of rotatable bonds is 3. The number of nitrogens with zero attached hydrogens (tertiary/aromatic N) is 1. The van der Waals surface area contributed by atoms with E-state index in [1.54, 1.807) is 11.9 Å². The number of hydrogen-bond donors (Lipinski definition) is 1. The van der Waals surface area contributed by atoms with Crippen molar-refractivity contribution in [3.05, 3.63) is 0 Å². The summed E-state index contributed by atoms with van der Waals surface area (Å²) in [5, 5.41) is 3.50. The summed E-state index contributed by atoms with van der Waals surface area (Å²) in [5.74, 6) is 0. The maximum Gasteiger partial charge on any atom is 0.410 e. The molecule has 0 spiro atoms. The Hall–Kier alpha value is -0.593. The molecule has 1 saturated heterocycles. The maximum atomic E-state index is 12.3. The molecule has 130 valence electrons. The Balaban J connectivity index is 2.76. The molecule has 0 radical (unpaired) electrons. The van der Waals surface area contributed by atoms with Crippen LogP contribution in [0.5, 0.6) is 0 Å². The van der Waals surface area contributed by atoms with Gasteiger partial charge in [0, 0.05) is 20.1 Å². The van der Waals surface area contributed by atoms with Crippen LogP contribution in [0, 0.1) is 0 Å². The van der Waals surface area contributed by atoms with Gasteiger partial charge in [0.25, 0.3) is 0 Å². The van der Waals surface area contributed by atoms with Gasteiger partial charge in [0.2, 0.25) is 0 Å². The molecule has 1 N–H and O–H groups in total. The van der Waals surface area contributed by atoms with Crippen molar-refractivity contribution in [1.29, 1.82) is 0 Å². The van der Waals surface area contributed by atoms with Crippen LogP contribution < -0.4 is 5.32 Å². The first kappa shape index (κ1) is 19.5. The number of likely N-dealkylation sites (N-methyl/N-ethyl adjacent to an activating group) is 1. The molecule has 0 aliphatic carbocycles. The van der Waals surface area contributed by atoms with E-state index in [4.69, 9.17) is 9.16 Å². The first-order chi connectivity index (χ1) is 9.74. The van der Waals surface area contributed by atoms with Crippen molar-refractivity contribution < 1.29 is 14.0 Å². The van der Waals surface area contributed by atoms with Crippen molar-refractivity contribution in [2.75, 3.05) is 20.1 Å². The topological polar surface area (TPSA) is 50.8 Å². The fraction of sp³-hybridized carbons (Fsp3) is 0.938. The van der Waals surface area contributed by atoms with E-state index < -0.39 is 13.9 Å². The molecule has 1 aliphatic rings. The van der Waals surface area contributed by atoms with E-state index in [1.165, 1.54) is 0 Å². The first-order valence-corrected chi connectivity index (χ1v) is 11.0. The monoisotopic (exact) mass is 330 g/mol. The number of ether oxygens (including phenoxy) is 1. The number of amides is 1. The molecule has 0 aromatic rings. The van der Waals surface area contributed by atoms with Crippen molar-refractivity contribution >= 4 is 14.4 Å². The average Bonchev–Trinajstić information content (AvgIpc) is 2.71. The van der Waals surface area contributed by atoms with Gasteiger partial charge in [-0.3, -0.25) is 0 Å². The molecular weight excluding hydrogens is 296 g/mol. The molecule has 0 unspecified atom stereocenters. The van der Waals surface area contributed by atoms with Gasteiger partial charge in [-0.25, -0.2) is 4.79 Å². The minimum Gasteiger partial charge on any atom is -0.444 e. The fourth-order valence-electron chi connectivity index (χ4n) is 2.17. The zero-order valence-electron chi connectivity index (χ0n) is 15.7. The second-order valence-corrected chi connectivity index (χ2v) is 13.5. The Morgan fingerprint density at radius 2 is 1.68 bits per heavy atom. The first-order valence-electron chi connectivity index (χ1n) is 8.09. The summed E-state index contributed by atoms with van der Waals surface area (Å²) < 4.78 is 12.0. The normalized spacial score (nSPS) is 23.5. The molecule has 2 atom stereocenters. The van der Waals surface area contributed by atoms with Gasteiger partial charge in [0.15, 0.2) is 8.32 Å². The van der Waals surface area contributed by atoms with Crippen LogP contribution in [-0.2, 0) is 9.16 Å². The van der Waals surface area contributed by atoms with E-state index in [1.807, 2.05) is 20.8 Å². The summed E-state index contributed by atoms with van der Waals surface area (Å²) >= 11 is 0. The van der Waals surface area contributed by atoms with E-state index >= 15 is 0 Å². The predicted molar refractivity (Wildman–Crippen MR) is 92.7 cm³/mol. The fourth-order valence-corrected chi connectivity index (χ4v) is 3.52. The quantitative estimate of drug-likeness (QED) is 0.807. The Kier molecular flexibility index (Phi) is 5.74. The van der Waals surface area contributed by atoms with Crippen LogP contribution >= 0.6 is 0 Å². The second-order valence-electron chi connectivity index (χ2n) is 8.73. The number of nitrogens with one attached hydrogen (secondary N) is 1. The lowest BCUT2D eigenvalue weighted by atomic mass is 10.2. The lowest BCUT2D eigenvalue weighted by Crippen LogP contribution is -2.52. The van der Waals surface area contributed by atoms with Crippen LogP contribution in [0.2, 0.25) is 18.1 Å². The average molecular weight is 331 g/mol. The highest BCUT2D eigenvalue weighted by Gasteiger charge is 2.43. The summed E-state index contributed by atoms with van der Waals surface area (Å²) in [6.07, 6.45) is -0.261. The minimum absolute atomic E-state index is 0.0176. The number of carbonyl (C=O) groups excluding carboxylic acids is 1. The molecule has 0 aromatic heterocycles. The van der Waals surface area contributed by atoms with Crippen molar-refractivity contribution in [2.45, 2.75) is 77.4 Å². The van der Waals surface area contributed by atoms with Gasteiger partial charge in [-0.2, -0.15) is 0 Å². The molecule has 1 rings (SSSR count). The van der Waals surface area contributed by atoms with Crippen molar-refractivity contribution in [1.82, 2.24) is 10.2 Å². The summed E-state index contributed by atoms with van der Waals surface area (Å²) in [4.78, 5) is 14.0. The largest absolute Gasteiger partial charge is 0.444 e. The van der Waals surface area contributed by atoms with Gasteiger partial charge in [-0.1, -0.05) is 20.8 Å². The van der Waals surface area contributed by atoms with E-state index in [0.717, 1.165) is 13.1 Å². The van der Waals surface area contributed by atoms with Crippen LogP contribution in [0.3, 0.4) is 0 Å². The smallest absolute Gasteiger partial charge is 0.410 e. The molecule has 0 saturated carbocycles. The van der Waals surface area contributed by atoms with Gasteiger partial charge in [-0.15, -0.1) is 0 Å². The summed E-state index contributed by atoms with van der Waals surface area (Å²) in [6.45, 7) is 18.4. The van der Waals surface area contributed by atoms with E-state index in [0.29, 0.717) is 0 Å². The lowest BCUT2D eigenvalue weighted by molar-refractivity contribution is 0.0126. The molecular formula is C16H34N2O3Si. The molecule has 1 amide bonds. The molecule has 0 bridgehead atoms. The highest BCUT2D eigenvalue weighted by Crippen LogP contribution is 2.38. The van der Waals surface area contributed by atoms with Crippen LogP contribution in [0.25, 0.3) is 0 Å². The summed E-state index contributed by atoms with van der Waals surface area (Å²) in [7, 11) is -0.0586. The molecule has 22 heavy (non-hydrogen) atoms. The highest BCUT2D eigenvalue weighted by atomic mass is 28.4. The highest BCUT2D eigenvalue weighted by molar-refractivity contribution is 6.74. The Bertz CT molecular complexity index is 399. The zero-order valence-corrected chi connectivity index (χ0v) is 16.7. The van der Waals surface area contributed by atoms with Gasteiger partial charge in [0.05, 0.1) is 12.1 Å². The molecule has 5 nitrogen and oxygen atoms in total. The van der Waals surface area contributed by atoms with Gasteiger partial charge < -0.3 is 19.4 Å². The minimum atomic E-state index is -1.86. The van der Waals surface area contributed by atoms with Gasteiger partial charge in [-0.05, 0) is 38.9 Å². The van der Waals surface area contributed by atoms with Crippen molar-refractivity contribution in [3.8, 4) is 0 Å². The molecule has 1 fully saturated rings. The third-order valence-corrected chi connectivity index (χ3v) is 9.06.